The third-order valence-corrected chi connectivity index (χ3v) is 5.62. The van der Waals surface area contributed by atoms with Crippen molar-refractivity contribution in [3.05, 3.63) is 46.3 Å². The standard InChI is InChI=1S/C17H19NO5S2/c1-4-23-17(20)16-11(2)9-15(24-16)18-14(19)10-12-5-7-13(8-6-12)25(3,21)22/h5-9H,4,10H2,1-3H3,(H,18,19). The van der Waals surface area contributed by atoms with Gasteiger partial charge in [0, 0.05) is 6.26 Å². The van der Waals surface area contributed by atoms with Crippen LogP contribution in [0.5, 0.6) is 0 Å². The van der Waals surface area contributed by atoms with E-state index in [1.807, 2.05) is 0 Å². The molecule has 1 aromatic heterocycles. The molecule has 0 bridgehead atoms. The van der Waals surface area contributed by atoms with Gasteiger partial charge in [-0.05, 0) is 43.2 Å². The van der Waals surface area contributed by atoms with Gasteiger partial charge in [0.1, 0.15) is 4.88 Å². The fourth-order valence-corrected chi connectivity index (χ4v) is 3.78. The summed E-state index contributed by atoms with van der Waals surface area (Å²) in [6.07, 6.45) is 1.24. The number of hydrogen-bond acceptors (Lipinski definition) is 6. The number of hydrogen-bond donors (Lipinski definition) is 1. The Morgan fingerprint density at radius 3 is 2.40 bits per heavy atom. The van der Waals surface area contributed by atoms with Crippen molar-refractivity contribution in [1.29, 1.82) is 0 Å². The first-order valence-electron chi connectivity index (χ1n) is 7.57. The van der Waals surface area contributed by atoms with Crippen LogP contribution in [0.15, 0.2) is 35.2 Å². The van der Waals surface area contributed by atoms with E-state index in [0.717, 1.165) is 11.8 Å². The van der Waals surface area contributed by atoms with Crippen molar-refractivity contribution >= 4 is 38.1 Å². The van der Waals surface area contributed by atoms with E-state index in [-0.39, 0.29) is 17.2 Å². The fraction of sp³-hybridized carbons (Fsp3) is 0.294. The zero-order valence-electron chi connectivity index (χ0n) is 14.2. The minimum atomic E-state index is -3.25. The van der Waals surface area contributed by atoms with Gasteiger partial charge in [0.25, 0.3) is 0 Å². The van der Waals surface area contributed by atoms with E-state index in [4.69, 9.17) is 4.74 Å². The molecule has 2 aromatic rings. The van der Waals surface area contributed by atoms with Crippen molar-refractivity contribution in [3.63, 3.8) is 0 Å². The van der Waals surface area contributed by atoms with Crippen LogP contribution in [0.25, 0.3) is 0 Å². The molecule has 0 aliphatic rings. The number of benzene rings is 1. The zero-order chi connectivity index (χ0) is 18.6. The van der Waals surface area contributed by atoms with Crippen LogP contribution >= 0.6 is 11.3 Å². The Kier molecular flexibility index (Phi) is 5.97. The van der Waals surface area contributed by atoms with Crippen molar-refractivity contribution < 1.29 is 22.7 Å². The van der Waals surface area contributed by atoms with E-state index in [0.29, 0.717) is 22.0 Å². The van der Waals surface area contributed by atoms with Crippen molar-refractivity contribution in [2.24, 2.45) is 0 Å². The first-order valence-corrected chi connectivity index (χ1v) is 10.3. The summed E-state index contributed by atoms with van der Waals surface area (Å²) in [4.78, 5) is 24.6. The van der Waals surface area contributed by atoms with Gasteiger partial charge in [0.05, 0.1) is 22.9 Å². The maximum Gasteiger partial charge on any atom is 0.348 e. The summed E-state index contributed by atoms with van der Waals surface area (Å²) < 4.78 is 27.8. The second-order valence-electron chi connectivity index (χ2n) is 5.48. The topological polar surface area (TPSA) is 89.5 Å². The van der Waals surface area contributed by atoms with Gasteiger partial charge in [-0.2, -0.15) is 0 Å². The highest BCUT2D eigenvalue weighted by Crippen LogP contribution is 2.27. The number of carbonyl (C=O) groups is 2. The maximum atomic E-state index is 12.1. The second-order valence-corrected chi connectivity index (χ2v) is 8.55. The summed E-state index contributed by atoms with van der Waals surface area (Å²) in [6.45, 7) is 3.81. The monoisotopic (exact) mass is 381 g/mol. The van der Waals surface area contributed by atoms with Gasteiger partial charge >= 0.3 is 5.97 Å². The van der Waals surface area contributed by atoms with E-state index in [1.165, 1.54) is 23.5 Å². The lowest BCUT2D eigenvalue weighted by molar-refractivity contribution is -0.115. The number of ether oxygens (including phenoxy) is 1. The molecule has 2 rings (SSSR count). The van der Waals surface area contributed by atoms with Crippen LogP contribution in [0, 0.1) is 6.92 Å². The van der Waals surface area contributed by atoms with Gasteiger partial charge in [0.15, 0.2) is 9.84 Å². The molecule has 1 heterocycles. The predicted octanol–water partition coefficient (Wildman–Crippen LogP) is 2.82. The van der Waals surface area contributed by atoms with Crippen LogP contribution in [0.4, 0.5) is 5.00 Å². The summed E-state index contributed by atoms with van der Waals surface area (Å²) in [5.41, 5.74) is 1.44. The first kappa shape index (κ1) is 19.1. The summed E-state index contributed by atoms with van der Waals surface area (Å²) in [6, 6.07) is 7.90. The second kappa shape index (κ2) is 7.79. The molecule has 0 spiro atoms. The lowest BCUT2D eigenvalue weighted by Crippen LogP contribution is -2.13. The fourth-order valence-electron chi connectivity index (χ4n) is 2.16. The number of esters is 1. The Bertz CT molecular complexity index is 882. The van der Waals surface area contributed by atoms with Crippen LogP contribution in [0.1, 0.15) is 27.7 Å². The number of sulfone groups is 1. The Morgan fingerprint density at radius 1 is 1.20 bits per heavy atom. The van der Waals surface area contributed by atoms with E-state index >= 15 is 0 Å². The Labute approximate surface area is 150 Å². The SMILES string of the molecule is CCOC(=O)c1sc(NC(=O)Cc2ccc(S(C)(=O)=O)cc2)cc1C. The maximum absolute atomic E-state index is 12.1. The highest BCUT2D eigenvalue weighted by Gasteiger charge is 2.16. The smallest absolute Gasteiger partial charge is 0.348 e. The van der Waals surface area contributed by atoms with Crippen LogP contribution in [0.2, 0.25) is 0 Å². The summed E-state index contributed by atoms with van der Waals surface area (Å²) in [5.74, 6) is -0.648. The molecule has 1 amide bonds. The van der Waals surface area contributed by atoms with Gasteiger partial charge in [-0.1, -0.05) is 12.1 Å². The van der Waals surface area contributed by atoms with E-state index in [2.05, 4.69) is 5.32 Å². The molecular formula is C17H19NO5S2. The molecule has 134 valence electrons. The highest BCUT2D eigenvalue weighted by molar-refractivity contribution is 7.90. The van der Waals surface area contributed by atoms with Crippen molar-refractivity contribution in [1.82, 2.24) is 0 Å². The largest absolute Gasteiger partial charge is 0.462 e. The number of aryl methyl sites for hydroxylation is 1. The van der Waals surface area contributed by atoms with E-state index < -0.39 is 15.8 Å². The lowest BCUT2D eigenvalue weighted by atomic mass is 10.1. The molecule has 0 radical (unpaired) electrons. The third-order valence-electron chi connectivity index (χ3n) is 3.36. The van der Waals surface area contributed by atoms with Crippen LogP contribution in [-0.2, 0) is 25.8 Å². The molecule has 0 unspecified atom stereocenters. The van der Waals surface area contributed by atoms with Crippen molar-refractivity contribution in [3.8, 4) is 0 Å². The van der Waals surface area contributed by atoms with Crippen LogP contribution in [0.3, 0.4) is 0 Å². The number of amides is 1. The quantitative estimate of drug-likeness (QED) is 0.777. The average Bonchev–Trinajstić information content (AvgIpc) is 2.87. The lowest BCUT2D eigenvalue weighted by Gasteiger charge is -2.04. The van der Waals surface area contributed by atoms with Crippen LogP contribution in [-0.4, -0.2) is 33.2 Å². The molecule has 25 heavy (non-hydrogen) atoms. The van der Waals surface area contributed by atoms with Gasteiger partial charge < -0.3 is 10.1 Å². The molecule has 0 aliphatic heterocycles. The summed E-state index contributed by atoms with van der Waals surface area (Å²) in [5, 5.41) is 3.31. The number of nitrogens with one attached hydrogen (secondary N) is 1. The van der Waals surface area contributed by atoms with Crippen LogP contribution < -0.4 is 5.32 Å². The van der Waals surface area contributed by atoms with Gasteiger partial charge in [-0.15, -0.1) is 11.3 Å². The van der Waals surface area contributed by atoms with Gasteiger partial charge in [0.2, 0.25) is 5.91 Å². The number of anilines is 1. The average molecular weight is 381 g/mol. The Morgan fingerprint density at radius 2 is 1.84 bits per heavy atom. The third kappa shape index (κ3) is 5.14. The highest BCUT2D eigenvalue weighted by atomic mass is 32.2. The number of thiophene rings is 1. The normalized spacial score (nSPS) is 11.2. The zero-order valence-corrected chi connectivity index (χ0v) is 15.8. The molecule has 8 heteroatoms. The minimum absolute atomic E-state index is 0.107. The van der Waals surface area contributed by atoms with Crippen molar-refractivity contribution in [2.45, 2.75) is 25.2 Å². The summed E-state index contributed by atoms with van der Waals surface area (Å²) in [7, 11) is -3.25. The summed E-state index contributed by atoms with van der Waals surface area (Å²) >= 11 is 1.17. The van der Waals surface area contributed by atoms with E-state index in [1.54, 1.807) is 32.0 Å². The molecule has 0 fully saturated rings. The Hall–Kier alpha value is -2.19. The molecule has 6 nitrogen and oxygen atoms in total. The van der Waals surface area contributed by atoms with Gasteiger partial charge in [-0.3, -0.25) is 4.79 Å². The molecular weight excluding hydrogens is 362 g/mol. The molecule has 0 saturated heterocycles. The van der Waals surface area contributed by atoms with Crippen molar-refractivity contribution in [2.75, 3.05) is 18.2 Å². The predicted molar refractivity (Wildman–Crippen MR) is 96.9 cm³/mol. The molecule has 0 atom stereocenters. The molecule has 1 aromatic carbocycles. The minimum Gasteiger partial charge on any atom is -0.462 e. The molecule has 1 N–H and O–H groups in total. The number of rotatable bonds is 6. The first-order chi connectivity index (χ1) is 11.7. The Balaban J connectivity index is 2.03. The molecule has 0 saturated carbocycles. The molecule has 0 aliphatic carbocycles. The van der Waals surface area contributed by atoms with E-state index in [9.17, 15) is 18.0 Å². The number of carbonyl (C=O) groups excluding carboxylic acids is 2. The van der Waals surface area contributed by atoms with Gasteiger partial charge in [-0.25, -0.2) is 13.2 Å².